The Morgan fingerprint density at radius 1 is 1.41 bits per heavy atom. The van der Waals surface area contributed by atoms with Crippen molar-refractivity contribution in [1.82, 2.24) is 10.6 Å². The molecule has 5 heteroatoms. The summed E-state index contributed by atoms with van der Waals surface area (Å²) in [6.07, 6.45) is 7.69. The fourth-order valence-corrected chi connectivity index (χ4v) is 1.90. The van der Waals surface area contributed by atoms with Crippen LogP contribution in [-0.2, 0) is 4.79 Å². The van der Waals surface area contributed by atoms with Crippen LogP contribution >= 0.6 is 0 Å². The third-order valence-corrected chi connectivity index (χ3v) is 2.79. The van der Waals surface area contributed by atoms with E-state index in [-0.39, 0.29) is 12.5 Å². The van der Waals surface area contributed by atoms with Gasteiger partial charge < -0.3 is 16.4 Å². The lowest BCUT2D eigenvalue weighted by atomic mass is 9.96. The largest absolute Gasteiger partial charge is 0.370 e. The number of hydrogen-bond acceptors (Lipinski definition) is 2. The number of hydrogen-bond donors (Lipinski definition) is 3. The van der Waals surface area contributed by atoms with Crippen LogP contribution in [0.15, 0.2) is 17.6 Å². The molecule has 0 radical (unpaired) electrons. The molecule has 0 atom stereocenters. The normalized spacial score (nSPS) is 17.5. The van der Waals surface area contributed by atoms with Gasteiger partial charge in [-0.3, -0.25) is 4.79 Å². The van der Waals surface area contributed by atoms with Gasteiger partial charge in [-0.15, -0.1) is 6.58 Å². The van der Waals surface area contributed by atoms with Crippen molar-refractivity contribution >= 4 is 11.9 Å². The number of nitrogens with zero attached hydrogens (tertiary/aromatic N) is 1. The molecule has 1 fully saturated rings. The molecule has 1 aliphatic carbocycles. The van der Waals surface area contributed by atoms with Crippen molar-refractivity contribution in [3.8, 4) is 0 Å². The first kappa shape index (κ1) is 13.5. The van der Waals surface area contributed by atoms with Crippen molar-refractivity contribution in [2.24, 2.45) is 10.7 Å². The molecule has 1 saturated carbocycles. The molecule has 17 heavy (non-hydrogen) atoms. The second-order valence-corrected chi connectivity index (χ2v) is 4.27. The van der Waals surface area contributed by atoms with Crippen molar-refractivity contribution in [1.29, 1.82) is 0 Å². The molecule has 1 rings (SSSR count). The highest BCUT2D eigenvalue weighted by Crippen LogP contribution is 2.16. The van der Waals surface area contributed by atoms with E-state index in [4.69, 9.17) is 5.73 Å². The minimum atomic E-state index is -0.140. The van der Waals surface area contributed by atoms with E-state index in [1.165, 1.54) is 19.3 Å². The summed E-state index contributed by atoms with van der Waals surface area (Å²) in [4.78, 5) is 15.3. The van der Waals surface area contributed by atoms with Crippen LogP contribution in [0, 0.1) is 0 Å². The molecule has 0 aliphatic heterocycles. The molecule has 0 aromatic heterocycles. The van der Waals surface area contributed by atoms with E-state index < -0.39 is 0 Å². The van der Waals surface area contributed by atoms with Gasteiger partial charge in [-0.25, -0.2) is 4.99 Å². The highest BCUT2D eigenvalue weighted by molar-refractivity contribution is 5.84. The van der Waals surface area contributed by atoms with E-state index in [9.17, 15) is 4.79 Å². The second kappa shape index (κ2) is 7.70. The maximum Gasteiger partial charge on any atom is 0.242 e. The van der Waals surface area contributed by atoms with Crippen LogP contribution < -0.4 is 16.4 Å². The molecule has 0 heterocycles. The fraction of sp³-hybridized carbons (Fsp3) is 0.667. The number of rotatable bonds is 5. The Kier molecular flexibility index (Phi) is 6.14. The summed E-state index contributed by atoms with van der Waals surface area (Å²) in [5.74, 6) is 0.226. The smallest absolute Gasteiger partial charge is 0.242 e. The minimum Gasteiger partial charge on any atom is -0.370 e. The van der Waals surface area contributed by atoms with Crippen LogP contribution in [0.1, 0.15) is 32.1 Å². The summed E-state index contributed by atoms with van der Waals surface area (Å²) in [7, 11) is 0. The lowest BCUT2D eigenvalue weighted by Crippen LogP contribution is -2.41. The summed E-state index contributed by atoms with van der Waals surface area (Å²) >= 11 is 0. The van der Waals surface area contributed by atoms with Crippen molar-refractivity contribution in [3.63, 3.8) is 0 Å². The van der Waals surface area contributed by atoms with Gasteiger partial charge in [-0.1, -0.05) is 25.3 Å². The first-order valence-electron chi connectivity index (χ1n) is 6.16. The molecule has 0 aromatic carbocycles. The molecule has 0 bridgehead atoms. The standard InChI is InChI=1S/C12H22N4O/c1-2-8-14-11(17)9-15-12(13)16-10-6-4-3-5-7-10/h2,10H,1,3-9H2,(H,14,17)(H3,13,15,16). The predicted molar refractivity (Wildman–Crippen MR) is 69.7 cm³/mol. The Morgan fingerprint density at radius 2 is 2.12 bits per heavy atom. The van der Waals surface area contributed by atoms with Crippen molar-refractivity contribution < 1.29 is 4.79 Å². The van der Waals surface area contributed by atoms with Gasteiger partial charge in [0.25, 0.3) is 0 Å². The number of carbonyl (C=O) groups excluding carboxylic acids is 1. The topological polar surface area (TPSA) is 79.5 Å². The highest BCUT2D eigenvalue weighted by atomic mass is 16.1. The Hall–Kier alpha value is -1.52. The zero-order valence-electron chi connectivity index (χ0n) is 10.2. The molecule has 0 aromatic rings. The molecule has 96 valence electrons. The van der Waals surface area contributed by atoms with Crippen LogP contribution in [0.4, 0.5) is 0 Å². The summed E-state index contributed by atoms with van der Waals surface area (Å²) in [6, 6.07) is 0.420. The first-order chi connectivity index (χ1) is 8.22. The van der Waals surface area contributed by atoms with Gasteiger partial charge in [0.1, 0.15) is 6.54 Å². The molecule has 0 saturated heterocycles. The zero-order valence-corrected chi connectivity index (χ0v) is 10.2. The Bertz CT molecular complexity index is 282. The lowest BCUT2D eigenvalue weighted by Gasteiger charge is -2.23. The number of nitrogens with two attached hydrogens (primary N) is 1. The lowest BCUT2D eigenvalue weighted by molar-refractivity contribution is -0.119. The van der Waals surface area contributed by atoms with E-state index in [1.807, 2.05) is 0 Å². The molecule has 4 N–H and O–H groups in total. The summed E-state index contributed by atoms with van der Waals surface area (Å²) in [5.41, 5.74) is 5.72. The van der Waals surface area contributed by atoms with Crippen molar-refractivity contribution in [2.45, 2.75) is 38.1 Å². The van der Waals surface area contributed by atoms with E-state index in [0.717, 1.165) is 12.8 Å². The predicted octanol–water partition coefficient (Wildman–Crippen LogP) is 0.526. The zero-order chi connectivity index (χ0) is 12.5. The van der Waals surface area contributed by atoms with Gasteiger partial charge in [0.2, 0.25) is 5.91 Å². The minimum absolute atomic E-state index is 0.0688. The van der Waals surface area contributed by atoms with Gasteiger partial charge in [0, 0.05) is 12.6 Å². The fourth-order valence-electron chi connectivity index (χ4n) is 1.90. The van der Waals surface area contributed by atoms with Gasteiger partial charge in [0.15, 0.2) is 5.96 Å². The molecule has 1 aliphatic rings. The average molecular weight is 238 g/mol. The van der Waals surface area contributed by atoms with Crippen LogP contribution in [0.2, 0.25) is 0 Å². The SMILES string of the molecule is C=CCNC(=O)CN=C(N)NC1CCCCC1. The highest BCUT2D eigenvalue weighted by Gasteiger charge is 2.13. The Labute approximate surface area is 103 Å². The number of amides is 1. The maximum absolute atomic E-state index is 11.2. The van der Waals surface area contributed by atoms with Crippen molar-refractivity contribution in [3.05, 3.63) is 12.7 Å². The summed E-state index contributed by atoms with van der Waals surface area (Å²) in [5, 5.41) is 5.80. The number of nitrogens with one attached hydrogen (secondary N) is 2. The van der Waals surface area contributed by atoms with Gasteiger partial charge in [-0.2, -0.15) is 0 Å². The molecule has 0 spiro atoms. The molecule has 0 unspecified atom stereocenters. The third-order valence-electron chi connectivity index (χ3n) is 2.79. The van der Waals surface area contributed by atoms with Gasteiger partial charge >= 0.3 is 0 Å². The number of aliphatic imine (C=N–C) groups is 1. The summed E-state index contributed by atoms with van der Waals surface area (Å²) in [6.45, 7) is 4.05. The van der Waals surface area contributed by atoms with Crippen LogP contribution in [0.5, 0.6) is 0 Å². The molecule has 1 amide bonds. The van der Waals surface area contributed by atoms with E-state index in [0.29, 0.717) is 18.5 Å². The maximum atomic E-state index is 11.2. The molecular formula is C12H22N4O. The number of carbonyl (C=O) groups is 1. The number of guanidine groups is 1. The Morgan fingerprint density at radius 3 is 2.76 bits per heavy atom. The van der Waals surface area contributed by atoms with E-state index in [1.54, 1.807) is 6.08 Å². The van der Waals surface area contributed by atoms with E-state index >= 15 is 0 Å². The average Bonchev–Trinajstić information content (AvgIpc) is 2.35. The second-order valence-electron chi connectivity index (χ2n) is 4.27. The third kappa shape index (κ3) is 5.94. The van der Waals surface area contributed by atoms with Gasteiger partial charge in [0.05, 0.1) is 0 Å². The van der Waals surface area contributed by atoms with Crippen molar-refractivity contribution in [2.75, 3.05) is 13.1 Å². The summed E-state index contributed by atoms with van der Waals surface area (Å²) < 4.78 is 0. The van der Waals surface area contributed by atoms with Crippen LogP contribution in [-0.4, -0.2) is 31.0 Å². The van der Waals surface area contributed by atoms with Crippen LogP contribution in [0.3, 0.4) is 0 Å². The molecular weight excluding hydrogens is 216 g/mol. The quantitative estimate of drug-likeness (QED) is 0.371. The Balaban J connectivity index is 2.23. The van der Waals surface area contributed by atoms with Crippen LogP contribution in [0.25, 0.3) is 0 Å². The molecule has 5 nitrogen and oxygen atoms in total. The van der Waals surface area contributed by atoms with Gasteiger partial charge in [-0.05, 0) is 12.8 Å². The first-order valence-corrected chi connectivity index (χ1v) is 6.16. The van der Waals surface area contributed by atoms with E-state index in [2.05, 4.69) is 22.2 Å². The monoisotopic (exact) mass is 238 g/mol.